The summed E-state index contributed by atoms with van der Waals surface area (Å²) >= 11 is 0. The Bertz CT molecular complexity index is 425. The number of carbonyl (C=O) groups excluding carboxylic acids is 2. The van der Waals surface area contributed by atoms with Crippen molar-refractivity contribution in [3.05, 3.63) is 0 Å². The van der Waals surface area contributed by atoms with Gasteiger partial charge in [-0.3, -0.25) is 9.59 Å². The predicted molar refractivity (Wildman–Crippen MR) is 86.2 cm³/mol. The third-order valence-electron chi connectivity index (χ3n) is 5.84. The summed E-state index contributed by atoms with van der Waals surface area (Å²) in [5, 5.41) is 0. The van der Waals surface area contributed by atoms with Crippen LogP contribution in [0.15, 0.2) is 0 Å². The van der Waals surface area contributed by atoms with Crippen LogP contribution < -0.4 is 0 Å². The topological polar surface area (TPSA) is 40.6 Å². The maximum Gasteiger partial charge on any atom is 0.312 e. The van der Waals surface area contributed by atoms with Crippen LogP contribution in [0.1, 0.15) is 58.8 Å². The number of amides is 2. The van der Waals surface area contributed by atoms with Crippen molar-refractivity contribution in [3.8, 4) is 0 Å². The Morgan fingerprint density at radius 3 is 2.23 bits per heavy atom. The Labute approximate surface area is 134 Å². The largest absolute Gasteiger partial charge is 0.334 e. The Morgan fingerprint density at radius 2 is 1.50 bits per heavy atom. The van der Waals surface area contributed by atoms with Gasteiger partial charge < -0.3 is 9.80 Å². The molecule has 0 radical (unpaired) electrons. The molecule has 3 rings (SSSR count). The van der Waals surface area contributed by atoms with Gasteiger partial charge in [-0.2, -0.15) is 0 Å². The molecule has 4 nitrogen and oxygen atoms in total. The molecule has 2 heterocycles. The fourth-order valence-corrected chi connectivity index (χ4v) is 4.96. The van der Waals surface area contributed by atoms with Crippen molar-refractivity contribution in [3.63, 3.8) is 0 Å². The summed E-state index contributed by atoms with van der Waals surface area (Å²) < 4.78 is 0. The number of nitrogens with zero attached hydrogens (tertiary/aromatic N) is 2. The molecule has 0 N–H and O–H groups in total. The van der Waals surface area contributed by atoms with Gasteiger partial charge in [-0.05, 0) is 49.9 Å². The van der Waals surface area contributed by atoms with E-state index >= 15 is 0 Å². The fourth-order valence-electron chi connectivity index (χ4n) is 4.96. The molecule has 1 aliphatic carbocycles. The van der Waals surface area contributed by atoms with E-state index in [1.165, 1.54) is 25.7 Å². The molecule has 1 saturated carbocycles. The summed E-state index contributed by atoms with van der Waals surface area (Å²) in [5.41, 5.74) is 0. The van der Waals surface area contributed by atoms with Crippen LogP contribution in [-0.4, -0.2) is 47.3 Å². The van der Waals surface area contributed by atoms with Gasteiger partial charge in [0.2, 0.25) is 0 Å². The molecule has 3 aliphatic rings. The van der Waals surface area contributed by atoms with Gasteiger partial charge in [0.15, 0.2) is 0 Å². The second kappa shape index (κ2) is 6.59. The van der Waals surface area contributed by atoms with E-state index in [9.17, 15) is 9.59 Å². The van der Waals surface area contributed by atoms with E-state index in [0.717, 1.165) is 38.9 Å². The van der Waals surface area contributed by atoms with Gasteiger partial charge >= 0.3 is 11.8 Å². The first-order valence-electron chi connectivity index (χ1n) is 9.16. The van der Waals surface area contributed by atoms with Gasteiger partial charge in [0.25, 0.3) is 0 Å². The highest BCUT2D eigenvalue weighted by Gasteiger charge is 2.39. The summed E-state index contributed by atoms with van der Waals surface area (Å²) in [7, 11) is 0. The molecule has 4 heteroatoms. The van der Waals surface area contributed by atoms with Crippen molar-refractivity contribution in [2.24, 2.45) is 17.8 Å². The van der Waals surface area contributed by atoms with Gasteiger partial charge in [-0.1, -0.05) is 26.7 Å². The van der Waals surface area contributed by atoms with E-state index < -0.39 is 0 Å². The monoisotopic (exact) mass is 306 g/mol. The number of hydrogen-bond donors (Lipinski definition) is 0. The molecule has 2 amide bonds. The molecule has 4 unspecified atom stereocenters. The average molecular weight is 306 g/mol. The molecule has 3 fully saturated rings. The summed E-state index contributed by atoms with van der Waals surface area (Å²) in [4.78, 5) is 29.2. The standard InChI is InChI=1S/C18H30N2O2/c1-13-10-14(2)12-19(11-13)17(21)18(22)20-9-5-7-15-6-3-4-8-16(15)20/h13-16H,3-12H2,1-2H3. The molecule has 124 valence electrons. The zero-order chi connectivity index (χ0) is 15.7. The van der Waals surface area contributed by atoms with E-state index in [-0.39, 0.29) is 11.8 Å². The van der Waals surface area contributed by atoms with Crippen LogP contribution >= 0.6 is 0 Å². The summed E-state index contributed by atoms with van der Waals surface area (Å²) in [6, 6.07) is 0.332. The van der Waals surface area contributed by atoms with E-state index in [0.29, 0.717) is 23.8 Å². The summed E-state index contributed by atoms with van der Waals surface area (Å²) in [6.07, 6.45) is 8.28. The van der Waals surface area contributed by atoms with Crippen LogP contribution in [-0.2, 0) is 9.59 Å². The maximum absolute atomic E-state index is 12.8. The fraction of sp³-hybridized carbons (Fsp3) is 0.889. The van der Waals surface area contributed by atoms with E-state index in [1.54, 1.807) is 0 Å². The molecule has 0 bridgehead atoms. The van der Waals surface area contributed by atoms with Crippen molar-refractivity contribution in [1.82, 2.24) is 9.80 Å². The molecule has 2 aliphatic heterocycles. The van der Waals surface area contributed by atoms with Gasteiger partial charge in [-0.15, -0.1) is 0 Å². The zero-order valence-corrected chi connectivity index (χ0v) is 14.1. The lowest BCUT2D eigenvalue weighted by molar-refractivity contribution is -0.157. The van der Waals surface area contributed by atoms with E-state index in [2.05, 4.69) is 13.8 Å². The lowest BCUT2D eigenvalue weighted by Gasteiger charge is -2.44. The Balaban J connectivity index is 1.68. The summed E-state index contributed by atoms with van der Waals surface area (Å²) in [5.74, 6) is 1.18. The van der Waals surface area contributed by atoms with Crippen molar-refractivity contribution in [2.75, 3.05) is 19.6 Å². The highest BCUT2D eigenvalue weighted by atomic mass is 16.2. The molecule has 0 aromatic carbocycles. The number of piperidine rings is 2. The van der Waals surface area contributed by atoms with Crippen LogP contribution in [0.3, 0.4) is 0 Å². The minimum absolute atomic E-state index is 0.224. The predicted octanol–water partition coefficient (Wildman–Crippen LogP) is 2.67. The van der Waals surface area contributed by atoms with Crippen molar-refractivity contribution in [1.29, 1.82) is 0 Å². The van der Waals surface area contributed by atoms with Crippen LogP contribution in [0.2, 0.25) is 0 Å². The SMILES string of the molecule is CC1CC(C)CN(C(=O)C(=O)N2CCCC3CCCCC32)C1. The van der Waals surface area contributed by atoms with Gasteiger partial charge in [0.05, 0.1) is 0 Å². The number of hydrogen-bond acceptors (Lipinski definition) is 2. The van der Waals surface area contributed by atoms with Gasteiger partial charge in [0, 0.05) is 25.7 Å². The normalized spacial score (nSPS) is 35.9. The highest BCUT2D eigenvalue weighted by Crippen LogP contribution is 2.35. The molecule has 4 atom stereocenters. The van der Waals surface area contributed by atoms with Crippen LogP contribution in [0, 0.1) is 17.8 Å². The summed E-state index contributed by atoms with van der Waals surface area (Å²) in [6.45, 7) is 6.63. The number of rotatable bonds is 0. The van der Waals surface area contributed by atoms with Crippen molar-refractivity contribution >= 4 is 11.8 Å². The Hall–Kier alpha value is -1.06. The van der Waals surface area contributed by atoms with Crippen LogP contribution in [0.25, 0.3) is 0 Å². The van der Waals surface area contributed by atoms with Crippen LogP contribution in [0.4, 0.5) is 0 Å². The number of carbonyl (C=O) groups is 2. The van der Waals surface area contributed by atoms with Crippen molar-refractivity contribution < 1.29 is 9.59 Å². The minimum atomic E-state index is -0.246. The first-order valence-corrected chi connectivity index (χ1v) is 9.16. The smallest absolute Gasteiger partial charge is 0.312 e. The van der Waals surface area contributed by atoms with Gasteiger partial charge in [0.1, 0.15) is 0 Å². The zero-order valence-electron chi connectivity index (χ0n) is 14.1. The average Bonchev–Trinajstić information content (AvgIpc) is 2.52. The van der Waals surface area contributed by atoms with E-state index in [4.69, 9.17) is 0 Å². The molecule has 0 spiro atoms. The molecular formula is C18H30N2O2. The second-order valence-electron chi connectivity index (χ2n) is 7.91. The first kappa shape index (κ1) is 15.8. The number of likely N-dealkylation sites (tertiary alicyclic amines) is 2. The van der Waals surface area contributed by atoms with Crippen LogP contribution in [0.5, 0.6) is 0 Å². The molecule has 0 aromatic rings. The van der Waals surface area contributed by atoms with E-state index in [1.807, 2.05) is 9.80 Å². The second-order valence-corrected chi connectivity index (χ2v) is 7.91. The van der Waals surface area contributed by atoms with Gasteiger partial charge in [-0.25, -0.2) is 0 Å². The quantitative estimate of drug-likeness (QED) is 0.646. The number of fused-ring (bicyclic) bond motifs is 1. The van der Waals surface area contributed by atoms with Crippen molar-refractivity contribution in [2.45, 2.75) is 64.8 Å². The lowest BCUT2D eigenvalue weighted by atomic mass is 9.78. The molecule has 0 aromatic heterocycles. The third-order valence-corrected chi connectivity index (χ3v) is 5.84. The molecular weight excluding hydrogens is 276 g/mol. The Morgan fingerprint density at radius 1 is 0.864 bits per heavy atom. The minimum Gasteiger partial charge on any atom is -0.334 e. The first-order chi connectivity index (χ1) is 10.6. The highest BCUT2D eigenvalue weighted by molar-refractivity contribution is 6.35. The maximum atomic E-state index is 12.8. The Kier molecular flexibility index (Phi) is 4.74. The third kappa shape index (κ3) is 3.16. The lowest BCUT2D eigenvalue weighted by Crippen LogP contribution is -2.56. The molecule has 2 saturated heterocycles. The molecule has 22 heavy (non-hydrogen) atoms.